The fourth-order valence-corrected chi connectivity index (χ4v) is 2.15. The van der Waals surface area contributed by atoms with Gasteiger partial charge in [0.1, 0.15) is 0 Å². The largest absolute Gasteiger partial charge is 0.396 e. The van der Waals surface area contributed by atoms with Crippen molar-refractivity contribution in [3.63, 3.8) is 0 Å². The minimum Gasteiger partial charge on any atom is -0.396 e. The molecule has 2 nitrogen and oxygen atoms in total. The lowest BCUT2D eigenvalue weighted by atomic mass is 9.90. The number of rotatable bonds is 3. The van der Waals surface area contributed by atoms with E-state index in [4.69, 9.17) is 22.4 Å². The van der Waals surface area contributed by atoms with E-state index in [2.05, 4.69) is 22.6 Å². The summed E-state index contributed by atoms with van der Waals surface area (Å²) in [5.41, 5.74) is 6.40. The molecule has 1 unspecified atom stereocenters. The molecule has 0 spiro atoms. The Kier molecular flexibility index (Phi) is 4.18. The Bertz CT molecular complexity index is 328. The second kappa shape index (κ2) is 4.79. The first kappa shape index (κ1) is 12.2. The summed E-state index contributed by atoms with van der Waals surface area (Å²) in [7, 11) is 0. The van der Waals surface area contributed by atoms with Crippen LogP contribution in [0.4, 0.5) is 0 Å². The number of aliphatic hydroxyl groups is 1. The van der Waals surface area contributed by atoms with E-state index in [0.717, 1.165) is 9.13 Å². The molecule has 0 saturated heterocycles. The van der Waals surface area contributed by atoms with Gasteiger partial charge in [-0.15, -0.1) is 0 Å². The zero-order valence-electron chi connectivity index (χ0n) is 7.93. The number of hydrogen-bond acceptors (Lipinski definition) is 2. The van der Waals surface area contributed by atoms with Crippen LogP contribution in [0.3, 0.4) is 0 Å². The summed E-state index contributed by atoms with van der Waals surface area (Å²) < 4.78 is 0.983. The van der Waals surface area contributed by atoms with Crippen LogP contribution in [0.2, 0.25) is 5.02 Å². The van der Waals surface area contributed by atoms with Crippen LogP contribution >= 0.6 is 34.2 Å². The highest BCUT2D eigenvalue weighted by atomic mass is 127. The minimum atomic E-state index is -0.562. The van der Waals surface area contributed by atoms with E-state index in [0.29, 0.717) is 11.4 Å². The van der Waals surface area contributed by atoms with E-state index in [1.165, 1.54) is 0 Å². The molecule has 0 aliphatic rings. The van der Waals surface area contributed by atoms with Crippen LogP contribution < -0.4 is 5.73 Å². The van der Waals surface area contributed by atoms with Gasteiger partial charge in [0.15, 0.2) is 0 Å². The molecule has 3 N–H and O–H groups in total. The number of benzene rings is 1. The third-order valence-electron chi connectivity index (χ3n) is 2.20. The smallest absolute Gasteiger partial charge is 0.0589 e. The minimum absolute atomic E-state index is 0.0643. The van der Waals surface area contributed by atoms with Crippen LogP contribution in [0.25, 0.3) is 0 Å². The predicted octanol–water partition coefficient (Wildman–Crippen LogP) is 2.50. The summed E-state index contributed by atoms with van der Waals surface area (Å²) in [6, 6.07) is 5.76. The lowest BCUT2D eigenvalue weighted by molar-refractivity contribution is 0.247. The van der Waals surface area contributed by atoms with Gasteiger partial charge in [-0.25, -0.2) is 0 Å². The summed E-state index contributed by atoms with van der Waals surface area (Å²) in [5, 5.41) is 9.59. The fourth-order valence-electron chi connectivity index (χ4n) is 1.31. The van der Waals surface area contributed by atoms with Crippen LogP contribution in [0, 0.1) is 3.57 Å². The highest BCUT2D eigenvalue weighted by Crippen LogP contribution is 2.31. The molecule has 0 aliphatic carbocycles. The summed E-state index contributed by atoms with van der Waals surface area (Å²) in [6.45, 7) is 1.94. The van der Waals surface area contributed by atoms with Crippen LogP contribution in [0.5, 0.6) is 0 Å². The van der Waals surface area contributed by atoms with Gasteiger partial charge >= 0.3 is 0 Å². The second-order valence-corrected chi connectivity index (χ2v) is 5.03. The number of hydrogen-bond donors (Lipinski definition) is 2. The topological polar surface area (TPSA) is 46.2 Å². The lowest BCUT2D eigenvalue weighted by Crippen LogP contribution is -2.34. The first-order valence-electron chi connectivity index (χ1n) is 4.33. The SMILES string of the molecule is CC(N)(CCO)c1cccc(I)c1Cl. The molecule has 0 bridgehead atoms. The van der Waals surface area contributed by atoms with Crippen molar-refractivity contribution in [1.29, 1.82) is 0 Å². The molecule has 0 aliphatic heterocycles. The molecular weight excluding hydrogens is 312 g/mol. The van der Waals surface area contributed by atoms with Gasteiger partial charge in [0.25, 0.3) is 0 Å². The Morgan fingerprint density at radius 2 is 2.21 bits per heavy atom. The van der Waals surface area contributed by atoms with E-state index in [9.17, 15) is 0 Å². The molecule has 1 rings (SSSR count). The summed E-state index contributed by atoms with van der Waals surface area (Å²) >= 11 is 8.31. The Balaban J connectivity index is 3.12. The average Bonchev–Trinajstić information content (AvgIpc) is 2.09. The standard InChI is InChI=1S/C10H13ClINO/c1-10(13,5-6-14)7-3-2-4-8(12)9(7)11/h2-4,14H,5-6,13H2,1H3. The van der Waals surface area contributed by atoms with Crippen molar-refractivity contribution in [2.75, 3.05) is 6.61 Å². The highest BCUT2D eigenvalue weighted by molar-refractivity contribution is 14.1. The highest BCUT2D eigenvalue weighted by Gasteiger charge is 2.23. The lowest BCUT2D eigenvalue weighted by Gasteiger charge is -2.25. The zero-order valence-corrected chi connectivity index (χ0v) is 10.8. The van der Waals surface area contributed by atoms with Gasteiger partial charge in [-0.1, -0.05) is 23.7 Å². The summed E-state index contributed by atoms with van der Waals surface area (Å²) in [6.07, 6.45) is 0.507. The van der Waals surface area contributed by atoms with E-state index in [1.807, 2.05) is 25.1 Å². The molecule has 0 fully saturated rings. The van der Waals surface area contributed by atoms with Crippen LogP contribution in [0.1, 0.15) is 18.9 Å². The molecule has 0 amide bonds. The van der Waals surface area contributed by atoms with Gasteiger partial charge in [-0.3, -0.25) is 0 Å². The maximum absolute atomic E-state index is 8.90. The van der Waals surface area contributed by atoms with E-state index in [1.54, 1.807) is 0 Å². The van der Waals surface area contributed by atoms with Crippen molar-refractivity contribution in [3.8, 4) is 0 Å². The van der Waals surface area contributed by atoms with E-state index in [-0.39, 0.29) is 6.61 Å². The Labute approximate surface area is 103 Å². The molecule has 0 radical (unpaired) electrons. The molecule has 4 heteroatoms. The fraction of sp³-hybridized carbons (Fsp3) is 0.400. The zero-order chi connectivity index (χ0) is 10.8. The number of nitrogens with two attached hydrogens (primary N) is 1. The van der Waals surface area contributed by atoms with Gasteiger partial charge in [-0.2, -0.15) is 0 Å². The van der Waals surface area contributed by atoms with Gasteiger partial charge in [0.05, 0.1) is 5.02 Å². The molecule has 0 aromatic heterocycles. The van der Waals surface area contributed by atoms with Gasteiger partial charge in [0.2, 0.25) is 0 Å². The van der Waals surface area contributed by atoms with Gasteiger partial charge in [0, 0.05) is 15.7 Å². The quantitative estimate of drug-likeness (QED) is 0.839. The summed E-state index contributed by atoms with van der Waals surface area (Å²) in [5.74, 6) is 0. The van der Waals surface area contributed by atoms with Crippen LogP contribution in [0.15, 0.2) is 18.2 Å². The molecular formula is C10H13ClINO. The summed E-state index contributed by atoms with van der Waals surface area (Å²) in [4.78, 5) is 0. The first-order valence-corrected chi connectivity index (χ1v) is 5.79. The second-order valence-electron chi connectivity index (χ2n) is 3.49. The van der Waals surface area contributed by atoms with E-state index >= 15 is 0 Å². The molecule has 1 atom stereocenters. The maximum Gasteiger partial charge on any atom is 0.0589 e. The molecule has 1 aromatic rings. The van der Waals surface area contributed by atoms with Gasteiger partial charge in [-0.05, 0) is 47.6 Å². The van der Waals surface area contributed by atoms with Crippen molar-refractivity contribution in [2.45, 2.75) is 18.9 Å². The third-order valence-corrected chi connectivity index (χ3v) is 3.82. The predicted molar refractivity (Wildman–Crippen MR) is 67.4 cm³/mol. The average molecular weight is 326 g/mol. The maximum atomic E-state index is 8.90. The van der Waals surface area contributed by atoms with Crippen molar-refractivity contribution in [2.24, 2.45) is 5.73 Å². The normalized spacial score (nSPS) is 15.2. The monoisotopic (exact) mass is 325 g/mol. The van der Waals surface area contributed by atoms with Crippen LogP contribution in [-0.2, 0) is 5.54 Å². The molecule has 78 valence electrons. The number of aliphatic hydroxyl groups excluding tert-OH is 1. The molecule has 1 aromatic carbocycles. The molecule has 0 heterocycles. The Hall–Kier alpha value is 0.160. The van der Waals surface area contributed by atoms with Crippen LogP contribution in [-0.4, -0.2) is 11.7 Å². The van der Waals surface area contributed by atoms with E-state index < -0.39 is 5.54 Å². The van der Waals surface area contributed by atoms with Crippen molar-refractivity contribution in [3.05, 3.63) is 32.4 Å². The molecule has 0 saturated carbocycles. The Morgan fingerprint density at radius 3 is 2.79 bits per heavy atom. The Morgan fingerprint density at radius 1 is 1.57 bits per heavy atom. The van der Waals surface area contributed by atoms with Crippen molar-refractivity contribution in [1.82, 2.24) is 0 Å². The molecule has 14 heavy (non-hydrogen) atoms. The van der Waals surface area contributed by atoms with Crippen molar-refractivity contribution >= 4 is 34.2 Å². The third kappa shape index (κ3) is 2.59. The number of halogens is 2. The van der Waals surface area contributed by atoms with Crippen molar-refractivity contribution < 1.29 is 5.11 Å². The van der Waals surface area contributed by atoms with Gasteiger partial charge < -0.3 is 10.8 Å². The first-order chi connectivity index (χ1) is 6.49.